The van der Waals surface area contributed by atoms with Crippen molar-refractivity contribution in [3.05, 3.63) is 29.3 Å². The Hall–Kier alpha value is -2.32. The van der Waals surface area contributed by atoms with Gasteiger partial charge in [-0.25, -0.2) is 9.59 Å². The number of rotatable bonds is 5. The molecular formula is C16H24N2O6. The second-order valence-electron chi connectivity index (χ2n) is 6.23. The Morgan fingerprint density at radius 3 is 2.46 bits per heavy atom. The van der Waals surface area contributed by atoms with E-state index in [0.29, 0.717) is 0 Å². The molecule has 0 bridgehead atoms. The summed E-state index contributed by atoms with van der Waals surface area (Å²) < 4.78 is 9.63. The van der Waals surface area contributed by atoms with Crippen LogP contribution >= 0.6 is 0 Å². The molecule has 0 aliphatic carbocycles. The molecule has 2 unspecified atom stereocenters. The van der Waals surface area contributed by atoms with Crippen LogP contribution in [0.2, 0.25) is 0 Å². The van der Waals surface area contributed by atoms with E-state index >= 15 is 0 Å². The van der Waals surface area contributed by atoms with E-state index in [1.165, 1.54) is 25.3 Å². The van der Waals surface area contributed by atoms with Crippen molar-refractivity contribution in [1.82, 2.24) is 5.32 Å². The number of ether oxygens (including phenoxy) is 2. The molecule has 24 heavy (non-hydrogen) atoms. The summed E-state index contributed by atoms with van der Waals surface area (Å²) in [7, 11) is 1.23. The van der Waals surface area contributed by atoms with Crippen LogP contribution in [0.25, 0.3) is 0 Å². The number of aliphatic hydroxyl groups excluding tert-OH is 2. The summed E-state index contributed by atoms with van der Waals surface area (Å²) in [6, 6.07) is 4.21. The number of nitrogen functional groups attached to an aromatic ring is 1. The third-order valence-corrected chi connectivity index (χ3v) is 3.05. The largest absolute Gasteiger partial charge is 0.465 e. The van der Waals surface area contributed by atoms with Gasteiger partial charge in [-0.05, 0) is 39.0 Å². The summed E-state index contributed by atoms with van der Waals surface area (Å²) in [5, 5.41) is 22.6. The molecule has 0 aromatic heterocycles. The number of carbonyl (C=O) groups excluding carboxylic acids is 2. The fourth-order valence-corrected chi connectivity index (χ4v) is 1.90. The molecular weight excluding hydrogens is 316 g/mol. The number of alkyl carbamates (subject to hydrolysis) is 1. The lowest BCUT2D eigenvalue weighted by molar-refractivity contribution is 0.0132. The van der Waals surface area contributed by atoms with Gasteiger partial charge in [-0.15, -0.1) is 0 Å². The van der Waals surface area contributed by atoms with E-state index in [1.807, 2.05) is 0 Å². The van der Waals surface area contributed by atoms with Crippen molar-refractivity contribution in [3.8, 4) is 0 Å². The number of hydrogen-bond donors (Lipinski definition) is 4. The molecule has 0 aliphatic rings. The predicted molar refractivity (Wildman–Crippen MR) is 87.4 cm³/mol. The zero-order valence-electron chi connectivity index (χ0n) is 14.2. The van der Waals surface area contributed by atoms with Gasteiger partial charge >= 0.3 is 12.1 Å². The van der Waals surface area contributed by atoms with Crippen LogP contribution in [0.1, 0.15) is 42.8 Å². The van der Waals surface area contributed by atoms with Gasteiger partial charge in [0.15, 0.2) is 0 Å². The Morgan fingerprint density at radius 2 is 1.92 bits per heavy atom. The van der Waals surface area contributed by atoms with E-state index in [4.69, 9.17) is 10.5 Å². The Morgan fingerprint density at radius 1 is 1.29 bits per heavy atom. The maximum absolute atomic E-state index is 11.6. The summed E-state index contributed by atoms with van der Waals surface area (Å²) in [5.41, 5.74) is 5.65. The molecule has 134 valence electrons. The van der Waals surface area contributed by atoms with Crippen LogP contribution in [0.3, 0.4) is 0 Å². The van der Waals surface area contributed by atoms with Gasteiger partial charge in [0.2, 0.25) is 0 Å². The molecule has 0 saturated heterocycles. The minimum absolute atomic E-state index is 0.163. The number of benzene rings is 1. The molecule has 0 heterocycles. The average molecular weight is 340 g/mol. The van der Waals surface area contributed by atoms with Crippen LogP contribution in [-0.4, -0.2) is 47.6 Å². The van der Waals surface area contributed by atoms with Crippen molar-refractivity contribution in [2.45, 2.75) is 38.6 Å². The van der Waals surface area contributed by atoms with E-state index in [2.05, 4.69) is 10.1 Å². The normalized spacial score (nSPS) is 13.8. The van der Waals surface area contributed by atoms with Crippen molar-refractivity contribution >= 4 is 17.7 Å². The number of nitrogens with two attached hydrogens (primary N) is 1. The highest BCUT2D eigenvalue weighted by Crippen LogP contribution is 2.25. The van der Waals surface area contributed by atoms with Gasteiger partial charge in [0, 0.05) is 17.8 Å². The summed E-state index contributed by atoms with van der Waals surface area (Å²) in [6.45, 7) is 4.86. The summed E-state index contributed by atoms with van der Waals surface area (Å²) in [4.78, 5) is 23.1. The highest BCUT2D eigenvalue weighted by Gasteiger charge is 2.24. The Bertz CT molecular complexity index is 597. The molecule has 1 aromatic carbocycles. The van der Waals surface area contributed by atoms with E-state index < -0.39 is 29.9 Å². The topological polar surface area (TPSA) is 131 Å². The lowest BCUT2D eigenvalue weighted by Gasteiger charge is -2.23. The van der Waals surface area contributed by atoms with Gasteiger partial charge in [-0.2, -0.15) is 0 Å². The molecule has 0 aliphatic heterocycles. The van der Waals surface area contributed by atoms with E-state index in [-0.39, 0.29) is 23.4 Å². The van der Waals surface area contributed by atoms with E-state index in [1.54, 1.807) is 20.8 Å². The van der Waals surface area contributed by atoms with Crippen molar-refractivity contribution in [1.29, 1.82) is 0 Å². The van der Waals surface area contributed by atoms with Crippen molar-refractivity contribution in [3.63, 3.8) is 0 Å². The van der Waals surface area contributed by atoms with Crippen LogP contribution < -0.4 is 11.1 Å². The molecule has 2 atom stereocenters. The van der Waals surface area contributed by atoms with Crippen LogP contribution in [0.4, 0.5) is 10.5 Å². The fraction of sp³-hybridized carbons (Fsp3) is 0.500. The molecule has 0 saturated carbocycles. The molecule has 8 heteroatoms. The number of esters is 1. The number of methoxy groups -OCH3 is 1. The Balaban J connectivity index is 2.77. The SMILES string of the molecule is COC(=O)c1ccc(N)c(C(O)C(O)CNC(=O)OC(C)(C)C)c1. The first-order valence-electron chi connectivity index (χ1n) is 7.36. The predicted octanol–water partition coefficient (Wildman–Crippen LogP) is 0.974. The van der Waals surface area contributed by atoms with Crippen LogP contribution in [-0.2, 0) is 9.47 Å². The maximum atomic E-state index is 11.6. The zero-order chi connectivity index (χ0) is 18.5. The van der Waals surface area contributed by atoms with Crippen LogP contribution in [0, 0.1) is 0 Å². The van der Waals surface area contributed by atoms with Gasteiger partial charge in [0.25, 0.3) is 0 Å². The molecule has 0 spiro atoms. The van der Waals surface area contributed by atoms with Crippen LogP contribution in [0.5, 0.6) is 0 Å². The summed E-state index contributed by atoms with van der Waals surface area (Å²) in [5.74, 6) is -0.593. The van der Waals surface area contributed by atoms with E-state index in [0.717, 1.165) is 0 Å². The third kappa shape index (κ3) is 5.71. The monoisotopic (exact) mass is 340 g/mol. The number of nitrogens with one attached hydrogen (secondary N) is 1. The quantitative estimate of drug-likeness (QED) is 0.464. The third-order valence-electron chi connectivity index (χ3n) is 3.05. The summed E-state index contributed by atoms with van der Waals surface area (Å²) >= 11 is 0. The number of amides is 1. The minimum atomic E-state index is -1.40. The van der Waals surface area contributed by atoms with Crippen molar-refractivity contribution < 1.29 is 29.3 Å². The second kappa shape index (κ2) is 7.98. The Kier molecular flexibility index (Phi) is 6.56. The van der Waals surface area contributed by atoms with Gasteiger partial charge < -0.3 is 30.7 Å². The number of hydrogen-bond acceptors (Lipinski definition) is 7. The molecule has 5 N–H and O–H groups in total. The first kappa shape index (κ1) is 19.7. The molecule has 8 nitrogen and oxygen atoms in total. The molecule has 1 rings (SSSR count). The molecule has 0 fully saturated rings. The van der Waals surface area contributed by atoms with Gasteiger partial charge in [0.1, 0.15) is 17.8 Å². The zero-order valence-corrected chi connectivity index (χ0v) is 14.2. The van der Waals surface area contributed by atoms with Crippen molar-refractivity contribution in [2.75, 3.05) is 19.4 Å². The second-order valence-corrected chi connectivity index (χ2v) is 6.23. The fourth-order valence-electron chi connectivity index (χ4n) is 1.90. The lowest BCUT2D eigenvalue weighted by Crippen LogP contribution is -2.39. The smallest absolute Gasteiger partial charge is 0.407 e. The van der Waals surface area contributed by atoms with Gasteiger partial charge in [0.05, 0.1) is 12.7 Å². The van der Waals surface area contributed by atoms with E-state index in [9.17, 15) is 19.8 Å². The molecule has 0 radical (unpaired) electrons. The highest BCUT2D eigenvalue weighted by molar-refractivity contribution is 5.90. The standard InChI is InChI=1S/C16H24N2O6/c1-16(2,3)24-15(22)18-8-12(19)13(20)10-7-9(14(21)23-4)5-6-11(10)17/h5-7,12-13,19-20H,8,17H2,1-4H3,(H,18,22). The number of carbonyl (C=O) groups is 2. The maximum Gasteiger partial charge on any atom is 0.407 e. The summed E-state index contributed by atoms with van der Waals surface area (Å²) in [6.07, 6.45) is -3.46. The highest BCUT2D eigenvalue weighted by atomic mass is 16.6. The average Bonchev–Trinajstić information content (AvgIpc) is 2.50. The lowest BCUT2D eigenvalue weighted by atomic mass is 10.00. The number of anilines is 1. The minimum Gasteiger partial charge on any atom is -0.465 e. The van der Waals surface area contributed by atoms with Gasteiger partial charge in [-0.3, -0.25) is 0 Å². The van der Waals surface area contributed by atoms with Crippen molar-refractivity contribution in [2.24, 2.45) is 0 Å². The molecule has 1 amide bonds. The first-order valence-corrected chi connectivity index (χ1v) is 7.36. The number of aliphatic hydroxyl groups is 2. The van der Waals surface area contributed by atoms with Crippen LogP contribution in [0.15, 0.2) is 18.2 Å². The Labute approximate surface area is 140 Å². The van der Waals surface area contributed by atoms with Gasteiger partial charge in [-0.1, -0.05) is 0 Å². The first-order chi connectivity index (χ1) is 11.0. The molecule has 1 aromatic rings.